The van der Waals surface area contributed by atoms with E-state index in [0.717, 1.165) is 19.3 Å². The molecule has 0 amide bonds. The van der Waals surface area contributed by atoms with Gasteiger partial charge in [-0.25, -0.2) is 0 Å². The molecule has 0 unspecified atom stereocenters. The Kier molecular flexibility index (Phi) is 14.6. The van der Waals surface area contributed by atoms with Crippen LogP contribution in [-0.2, 0) is 4.79 Å². The van der Waals surface area contributed by atoms with Gasteiger partial charge in [0.05, 0.1) is 0 Å². The minimum absolute atomic E-state index is 0.266. The van der Waals surface area contributed by atoms with Crippen molar-refractivity contribution in [2.45, 2.75) is 46.5 Å². The van der Waals surface area contributed by atoms with Gasteiger partial charge < -0.3 is 5.11 Å². The van der Waals surface area contributed by atoms with Crippen molar-refractivity contribution in [2.24, 2.45) is 0 Å². The van der Waals surface area contributed by atoms with Crippen molar-refractivity contribution in [3.8, 4) is 0 Å². The first kappa shape index (κ1) is 17.1. The molecule has 0 aliphatic carbocycles. The van der Waals surface area contributed by atoms with Gasteiger partial charge in [-0.05, 0) is 26.2 Å². The molecule has 0 bridgehead atoms. The van der Waals surface area contributed by atoms with Crippen LogP contribution in [0.25, 0.3) is 0 Å². The summed E-state index contributed by atoms with van der Waals surface area (Å²) in [4.78, 5) is 10.2. The van der Waals surface area contributed by atoms with Gasteiger partial charge in [0.1, 0.15) is 0 Å². The molecule has 2 heteroatoms. The summed E-state index contributed by atoms with van der Waals surface area (Å²) in [7, 11) is 0. The highest BCUT2D eigenvalue weighted by atomic mass is 16.4. The number of carboxylic acid groups (broad SMARTS) is 1. The van der Waals surface area contributed by atoms with Gasteiger partial charge in [0.2, 0.25) is 0 Å². The summed E-state index contributed by atoms with van der Waals surface area (Å²) in [5.74, 6) is -0.714. The molecule has 0 rings (SSSR count). The topological polar surface area (TPSA) is 37.3 Å². The minimum Gasteiger partial charge on any atom is -0.481 e. The Bertz CT molecular complexity index is 237. The lowest BCUT2D eigenvalue weighted by Crippen LogP contribution is -1.93. The second-order valence-electron chi connectivity index (χ2n) is 3.06. The van der Waals surface area contributed by atoms with E-state index in [9.17, 15) is 4.79 Å². The van der Waals surface area contributed by atoms with Gasteiger partial charge in [0.25, 0.3) is 0 Å². The SMILES string of the molecule is C=C/C=C\C(=C/C)CCCCC(=O)O.CC. The van der Waals surface area contributed by atoms with Crippen LogP contribution in [0, 0.1) is 0 Å². The van der Waals surface area contributed by atoms with Crippen LogP contribution < -0.4 is 0 Å². The predicted octanol–water partition coefficient (Wildman–Crippen LogP) is 4.35. The summed E-state index contributed by atoms with van der Waals surface area (Å²) in [6.45, 7) is 9.58. The number of allylic oxidation sites excluding steroid dienone is 5. The van der Waals surface area contributed by atoms with Crippen molar-refractivity contribution in [1.29, 1.82) is 0 Å². The maximum absolute atomic E-state index is 10.2. The van der Waals surface area contributed by atoms with Gasteiger partial charge in [-0.2, -0.15) is 0 Å². The quantitative estimate of drug-likeness (QED) is 0.515. The van der Waals surface area contributed by atoms with Crippen LogP contribution in [0.1, 0.15) is 46.5 Å². The number of carboxylic acids is 1. The van der Waals surface area contributed by atoms with Crippen LogP contribution in [0.4, 0.5) is 0 Å². The van der Waals surface area contributed by atoms with Crippen molar-refractivity contribution in [3.63, 3.8) is 0 Å². The second kappa shape index (κ2) is 13.7. The lowest BCUT2D eigenvalue weighted by atomic mass is 10.1. The summed E-state index contributed by atoms with van der Waals surface area (Å²) in [6.07, 6.45) is 10.6. The van der Waals surface area contributed by atoms with E-state index in [1.165, 1.54) is 5.57 Å². The Balaban J connectivity index is 0. The highest BCUT2D eigenvalue weighted by Gasteiger charge is 1.97. The second-order valence-corrected chi connectivity index (χ2v) is 3.06. The molecule has 0 spiro atoms. The molecule has 0 atom stereocenters. The maximum atomic E-state index is 10.2. The van der Waals surface area contributed by atoms with Crippen LogP contribution in [0.3, 0.4) is 0 Å². The first-order valence-electron chi connectivity index (χ1n) is 5.86. The largest absolute Gasteiger partial charge is 0.481 e. The molecule has 0 aromatic heterocycles. The van der Waals surface area contributed by atoms with Crippen molar-refractivity contribution in [1.82, 2.24) is 0 Å². The van der Waals surface area contributed by atoms with E-state index in [-0.39, 0.29) is 6.42 Å². The zero-order chi connectivity index (χ0) is 12.8. The standard InChI is InChI=1S/C12H18O2.C2H6/c1-3-5-8-11(4-2)9-6-7-10-12(13)14;1-2/h3-5,8H,1,6-7,9-10H2,2H3,(H,13,14);1-2H3/b8-5-,11-4+;. The normalized spacial score (nSPS) is 10.8. The van der Waals surface area contributed by atoms with Crippen LogP contribution in [0.5, 0.6) is 0 Å². The van der Waals surface area contributed by atoms with Crippen molar-refractivity contribution < 1.29 is 9.90 Å². The fourth-order valence-corrected chi connectivity index (χ4v) is 1.12. The van der Waals surface area contributed by atoms with E-state index < -0.39 is 5.97 Å². The molecule has 0 saturated carbocycles. The van der Waals surface area contributed by atoms with E-state index >= 15 is 0 Å². The average Bonchev–Trinajstić information content (AvgIpc) is 2.30. The van der Waals surface area contributed by atoms with Gasteiger partial charge in [-0.1, -0.05) is 50.3 Å². The maximum Gasteiger partial charge on any atom is 0.303 e. The van der Waals surface area contributed by atoms with Gasteiger partial charge in [-0.15, -0.1) is 0 Å². The molecular formula is C14H24O2. The first-order chi connectivity index (χ1) is 7.70. The zero-order valence-electron chi connectivity index (χ0n) is 10.7. The molecule has 0 aliphatic rings. The molecule has 0 fully saturated rings. The fourth-order valence-electron chi connectivity index (χ4n) is 1.12. The summed E-state index contributed by atoms with van der Waals surface area (Å²) in [6, 6.07) is 0. The third-order valence-corrected chi connectivity index (χ3v) is 1.92. The molecule has 0 radical (unpaired) electrons. The first-order valence-corrected chi connectivity index (χ1v) is 5.86. The molecule has 0 aromatic rings. The lowest BCUT2D eigenvalue weighted by Gasteiger charge is -1.99. The number of unbranched alkanes of at least 4 members (excludes halogenated alkanes) is 1. The average molecular weight is 224 g/mol. The molecule has 16 heavy (non-hydrogen) atoms. The Morgan fingerprint density at radius 3 is 2.25 bits per heavy atom. The fraction of sp³-hybridized carbons (Fsp3) is 0.500. The van der Waals surface area contributed by atoms with Gasteiger partial charge in [-0.3, -0.25) is 4.79 Å². The summed E-state index contributed by atoms with van der Waals surface area (Å²) in [5.41, 5.74) is 1.23. The number of hydrogen-bond acceptors (Lipinski definition) is 1. The molecule has 0 aliphatic heterocycles. The Labute approximate surface area is 99.4 Å². The molecule has 0 heterocycles. The summed E-state index contributed by atoms with van der Waals surface area (Å²) < 4.78 is 0. The smallest absolute Gasteiger partial charge is 0.303 e. The number of hydrogen-bond donors (Lipinski definition) is 1. The van der Waals surface area contributed by atoms with Crippen LogP contribution in [0.15, 0.2) is 36.5 Å². The molecular weight excluding hydrogens is 200 g/mol. The van der Waals surface area contributed by atoms with Gasteiger partial charge in [0, 0.05) is 6.42 Å². The van der Waals surface area contributed by atoms with Crippen molar-refractivity contribution in [3.05, 3.63) is 36.5 Å². The minimum atomic E-state index is -0.714. The lowest BCUT2D eigenvalue weighted by molar-refractivity contribution is -0.137. The van der Waals surface area contributed by atoms with E-state index in [2.05, 4.69) is 6.58 Å². The highest BCUT2D eigenvalue weighted by Crippen LogP contribution is 2.10. The Morgan fingerprint density at radius 2 is 1.81 bits per heavy atom. The van der Waals surface area contributed by atoms with Crippen molar-refractivity contribution >= 4 is 5.97 Å². The predicted molar refractivity (Wildman–Crippen MR) is 70.5 cm³/mol. The third kappa shape index (κ3) is 12.7. The third-order valence-electron chi connectivity index (χ3n) is 1.92. The van der Waals surface area contributed by atoms with Crippen LogP contribution in [0.2, 0.25) is 0 Å². The van der Waals surface area contributed by atoms with Gasteiger partial charge in [0.15, 0.2) is 0 Å². The number of carbonyl (C=O) groups is 1. The molecule has 2 nitrogen and oxygen atoms in total. The molecule has 1 N–H and O–H groups in total. The zero-order valence-corrected chi connectivity index (χ0v) is 10.7. The van der Waals surface area contributed by atoms with Crippen LogP contribution in [-0.4, -0.2) is 11.1 Å². The molecule has 92 valence electrons. The highest BCUT2D eigenvalue weighted by molar-refractivity contribution is 5.66. The van der Waals surface area contributed by atoms with Crippen molar-refractivity contribution in [2.75, 3.05) is 0 Å². The molecule has 0 aromatic carbocycles. The summed E-state index contributed by atoms with van der Waals surface area (Å²) in [5, 5.41) is 8.44. The van der Waals surface area contributed by atoms with Gasteiger partial charge >= 0.3 is 5.97 Å². The Morgan fingerprint density at radius 1 is 1.25 bits per heavy atom. The number of aliphatic carboxylic acids is 1. The monoisotopic (exact) mass is 224 g/mol. The number of rotatable bonds is 7. The van der Waals surface area contributed by atoms with E-state index in [4.69, 9.17) is 5.11 Å². The Hall–Kier alpha value is -1.31. The van der Waals surface area contributed by atoms with E-state index in [1.54, 1.807) is 6.08 Å². The summed E-state index contributed by atoms with van der Waals surface area (Å²) >= 11 is 0. The molecule has 0 saturated heterocycles. The van der Waals surface area contributed by atoms with E-state index in [0.29, 0.717) is 0 Å². The van der Waals surface area contributed by atoms with Crippen LogP contribution >= 0.6 is 0 Å². The van der Waals surface area contributed by atoms with E-state index in [1.807, 2.05) is 39.0 Å².